The van der Waals surface area contributed by atoms with E-state index in [-0.39, 0.29) is 17.4 Å². The molecule has 0 N–H and O–H groups in total. The monoisotopic (exact) mass is 418 g/mol. The number of morpholine rings is 1. The Morgan fingerprint density at radius 2 is 1.90 bits per heavy atom. The number of piperidine rings is 1. The highest BCUT2D eigenvalue weighted by molar-refractivity contribution is 5.78. The number of nitrogens with zero attached hydrogens (tertiary/aromatic N) is 4. The molecule has 7 nitrogen and oxygen atoms in total. The van der Waals surface area contributed by atoms with Crippen LogP contribution in [0.2, 0.25) is 0 Å². The van der Waals surface area contributed by atoms with Crippen LogP contribution >= 0.6 is 0 Å². The third-order valence-electron chi connectivity index (χ3n) is 7.11. The van der Waals surface area contributed by atoms with Crippen molar-refractivity contribution in [3.05, 3.63) is 33.7 Å². The minimum atomic E-state index is -0.772. The number of fused-ring (bicyclic) bond motifs is 4. The lowest BCUT2D eigenvalue weighted by Crippen LogP contribution is -2.52. The minimum Gasteiger partial charge on any atom is -0.379 e. The molecule has 4 aliphatic rings. The molecule has 5 heterocycles. The molecule has 2 bridgehead atoms. The Balaban J connectivity index is 1.28. The van der Waals surface area contributed by atoms with Gasteiger partial charge >= 0.3 is 0 Å². The molecule has 1 aromatic heterocycles. The number of ether oxygens (including phenoxy) is 1. The molecule has 164 valence electrons. The largest absolute Gasteiger partial charge is 0.379 e. The van der Waals surface area contributed by atoms with Gasteiger partial charge in [-0.15, -0.1) is 0 Å². The number of alkyl halides is 1. The second-order valence-corrected chi connectivity index (χ2v) is 9.31. The van der Waals surface area contributed by atoms with E-state index in [4.69, 9.17) is 4.74 Å². The number of hydrogen-bond acceptors (Lipinski definition) is 5. The number of pyridine rings is 1. The first-order chi connectivity index (χ1) is 14.6. The minimum absolute atomic E-state index is 0.0672. The summed E-state index contributed by atoms with van der Waals surface area (Å²) < 4.78 is 20.8. The second-order valence-electron chi connectivity index (χ2n) is 9.31. The van der Waals surface area contributed by atoms with Crippen LogP contribution in [0.4, 0.5) is 4.39 Å². The molecule has 0 aliphatic carbocycles. The summed E-state index contributed by atoms with van der Waals surface area (Å²) in [4.78, 5) is 32.2. The van der Waals surface area contributed by atoms with Gasteiger partial charge in [0.15, 0.2) is 0 Å². The molecule has 3 saturated heterocycles. The van der Waals surface area contributed by atoms with Crippen LogP contribution in [0.3, 0.4) is 0 Å². The van der Waals surface area contributed by atoms with Crippen molar-refractivity contribution in [2.45, 2.75) is 38.0 Å². The first-order valence-electron chi connectivity index (χ1n) is 11.2. The first-order valence-corrected chi connectivity index (χ1v) is 11.2. The molecule has 3 fully saturated rings. The van der Waals surface area contributed by atoms with Crippen LogP contribution < -0.4 is 5.56 Å². The van der Waals surface area contributed by atoms with Gasteiger partial charge in [-0.05, 0) is 24.8 Å². The SMILES string of the molecule is O=C(CN1CCOCC1)N1C[C@@H]2C[C@H](C1)c1ccc(CN3CC[C@H](F)C3)c(=O)n1C2. The molecule has 1 aromatic rings. The number of likely N-dealkylation sites (tertiary alicyclic amines) is 2. The Labute approximate surface area is 176 Å². The zero-order valence-corrected chi connectivity index (χ0v) is 17.5. The van der Waals surface area contributed by atoms with Gasteiger partial charge in [0.2, 0.25) is 5.91 Å². The van der Waals surface area contributed by atoms with Crippen LogP contribution in [0, 0.1) is 5.92 Å². The molecule has 8 heteroatoms. The highest BCUT2D eigenvalue weighted by atomic mass is 19.1. The lowest BCUT2D eigenvalue weighted by atomic mass is 9.83. The van der Waals surface area contributed by atoms with Crippen LogP contribution in [-0.2, 0) is 22.6 Å². The second kappa shape index (κ2) is 8.40. The molecule has 0 radical (unpaired) electrons. The van der Waals surface area contributed by atoms with Gasteiger partial charge in [-0.3, -0.25) is 19.4 Å². The van der Waals surface area contributed by atoms with Crippen molar-refractivity contribution in [1.29, 1.82) is 0 Å². The van der Waals surface area contributed by atoms with E-state index in [0.717, 1.165) is 37.3 Å². The van der Waals surface area contributed by atoms with Crippen LogP contribution in [0.5, 0.6) is 0 Å². The maximum Gasteiger partial charge on any atom is 0.255 e. The van der Waals surface area contributed by atoms with Crippen LogP contribution in [-0.4, -0.2) is 90.4 Å². The highest BCUT2D eigenvalue weighted by Crippen LogP contribution is 2.35. The zero-order valence-electron chi connectivity index (χ0n) is 17.5. The van der Waals surface area contributed by atoms with E-state index in [1.807, 2.05) is 20.4 Å². The van der Waals surface area contributed by atoms with E-state index < -0.39 is 6.17 Å². The van der Waals surface area contributed by atoms with Gasteiger partial charge in [0, 0.05) is 69.5 Å². The van der Waals surface area contributed by atoms with Gasteiger partial charge in [-0.25, -0.2) is 4.39 Å². The molecule has 0 spiro atoms. The quantitative estimate of drug-likeness (QED) is 0.720. The summed E-state index contributed by atoms with van der Waals surface area (Å²) in [7, 11) is 0. The van der Waals surface area contributed by atoms with E-state index in [1.165, 1.54) is 0 Å². The third kappa shape index (κ3) is 4.05. The fourth-order valence-electron chi connectivity index (χ4n) is 5.54. The summed E-state index contributed by atoms with van der Waals surface area (Å²) in [6.45, 7) is 7.23. The van der Waals surface area contributed by atoms with E-state index in [9.17, 15) is 14.0 Å². The van der Waals surface area contributed by atoms with Crippen molar-refractivity contribution in [3.63, 3.8) is 0 Å². The fourth-order valence-corrected chi connectivity index (χ4v) is 5.54. The number of amides is 1. The number of aromatic nitrogens is 1. The Kier molecular flexibility index (Phi) is 5.64. The van der Waals surface area contributed by atoms with Gasteiger partial charge in [0.25, 0.3) is 5.56 Å². The van der Waals surface area contributed by atoms with E-state index in [0.29, 0.717) is 64.8 Å². The number of hydrogen-bond donors (Lipinski definition) is 0. The molecule has 0 aromatic carbocycles. The maximum atomic E-state index is 13.5. The van der Waals surface area contributed by atoms with Crippen molar-refractivity contribution in [3.8, 4) is 0 Å². The molecule has 3 atom stereocenters. The van der Waals surface area contributed by atoms with Crippen molar-refractivity contribution >= 4 is 5.91 Å². The lowest BCUT2D eigenvalue weighted by molar-refractivity contribution is -0.136. The number of halogens is 1. The number of carbonyl (C=O) groups excluding carboxylic acids is 1. The number of rotatable bonds is 4. The topological polar surface area (TPSA) is 58.0 Å². The average molecular weight is 419 g/mol. The summed E-state index contributed by atoms with van der Waals surface area (Å²) in [5, 5.41) is 0. The maximum absolute atomic E-state index is 13.5. The smallest absolute Gasteiger partial charge is 0.255 e. The van der Waals surface area contributed by atoms with Crippen molar-refractivity contribution < 1.29 is 13.9 Å². The van der Waals surface area contributed by atoms with Crippen LogP contribution in [0.15, 0.2) is 16.9 Å². The predicted molar refractivity (Wildman–Crippen MR) is 110 cm³/mol. The van der Waals surface area contributed by atoms with Gasteiger partial charge in [-0.2, -0.15) is 0 Å². The van der Waals surface area contributed by atoms with E-state index in [1.54, 1.807) is 0 Å². The molecule has 4 aliphatic heterocycles. The number of carbonyl (C=O) groups is 1. The first kappa shape index (κ1) is 20.2. The van der Waals surface area contributed by atoms with Crippen LogP contribution in [0.25, 0.3) is 0 Å². The summed E-state index contributed by atoms with van der Waals surface area (Å²) in [6.07, 6.45) is 0.825. The average Bonchev–Trinajstić information content (AvgIpc) is 3.16. The summed E-state index contributed by atoms with van der Waals surface area (Å²) in [5.41, 5.74) is 1.87. The Bertz CT molecular complexity index is 853. The fraction of sp³-hybridized carbons (Fsp3) is 0.727. The van der Waals surface area contributed by atoms with Gasteiger partial charge in [0.1, 0.15) is 6.17 Å². The molecular formula is C22H31FN4O3. The predicted octanol–water partition coefficient (Wildman–Crippen LogP) is 0.670. The Morgan fingerprint density at radius 3 is 2.67 bits per heavy atom. The summed E-state index contributed by atoms with van der Waals surface area (Å²) >= 11 is 0. The zero-order chi connectivity index (χ0) is 20.7. The summed E-state index contributed by atoms with van der Waals surface area (Å²) in [6, 6.07) is 3.99. The normalized spacial score (nSPS) is 29.8. The van der Waals surface area contributed by atoms with E-state index in [2.05, 4.69) is 11.0 Å². The van der Waals surface area contributed by atoms with Gasteiger partial charge < -0.3 is 14.2 Å². The van der Waals surface area contributed by atoms with Crippen LogP contribution in [0.1, 0.15) is 30.0 Å². The third-order valence-corrected chi connectivity index (χ3v) is 7.11. The molecular weight excluding hydrogens is 387 g/mol. The van der Waals surface area contributed by atoms with Crippen molar-refractivity contribution in [1.82, 2.24) is 19.3 Å². The standard InChI is InChI=1S/C22H31FN4O3/c23-19-3-4-25(14-19)12-17-1-2-20-18-9-16(11-27(20)22(17)29)10-26(13-18)21(28)15-24-5-7-30-8-6-24/h1-2,16,18-19H,3-15H2/t16-,18+,19-/m0/s1. The van der Waals surface area contributed by atoms with E-state index >= 15 is 0 Å². The molecule has 30 heavy (non-hydrogen) atoms. The summed E-state index contributed by atoms with van der Waals surface area (Å²) in [5.74, 6) is 0.726. The Hall–Kier alpha value is -1.77. The van der Waals surface area contributed by atoms with Gasteiger partial charge in [-0.1, -0.05) is 6.07 Å². The Morgan fingerprint density at radius 1 is 1.07 bits per heavy atom. The lowest BCUT2D eigenvalue weighted by Gasteiger charge is -2.43. The highest BCUT2D eigenvalue weighted by Gasteiger charge is 2.37. The molecule has 0 unspecified atom stereocenters. The molecule has 0 saturated carbocycles. The molecule has 5 rings (SSSR count). The van der Waals surface area contributed by atoms with Gasteiger partial charge in [0.05, 0.1) is 19.8 Å². The molecule has 1 amide bonds. The van der Waals surface area contributed by atoms with Crippen molar-refractivity contribution in [2.75, 3.05) is 59.0 Å². The van der Waals surface area contributed by atoms with Crippen molar-refractivity contribution in [2.24, 2.45) is 5.92 Å².